The molecule has 0 aliphatic carbocycles. The molecule has 2 saturated heterocycles. The number of piperidine rings is 1. The second-order valence-electron chi connectivity index (χ2n) is 12.4. The van der Waals surface area contributed by atoms with Crippen LogP contribution >= 0.6 is 0 Å². The molecular formula is C31H42F3N5O3. The minimum atomic E-state index is -4.82. The second kappa shape index (κ2) is 13.3. The topological polar surface area (TPSA) is 82.0 Å². The van der Waals surface area contributed by atoms with E-state index in [9.17, 15) is 28.1 Å². The van der Waals surface area contributed by atoms with Crippen molar-refractivity contribution in [1.82, 2.24) is 9.80 Å². The Labute approximate surface area is 246 Å². The molecular weight excluding hydrogens is 547 g/mol. The van der Waals surface area contributed by atoms with Crippen molar-refractivity contribution in [2.24, 2.45) is 0 Å². The summed E-state index contributed by atoms with van der Waals surface area (Å²) < 4.78 is 39.9. The van der Waals surface area contributed by atoms with Crippen molar-refractivity contribution in [3.8, 4) is 0 Å². The lowest BCUT2D eigenvalue weighted by molar-refractivity contribution is -0.388. The molecule has 4 rings (SSSR count). The standard InChI is InChI=1S/C31H42F3N5O3/c1-30(2,3)23-7-10-26(11-8-23)37-17-5-16-36(20-21-37)15-4-6-29(40)38-18-13-24(14-19-38)35-25-9-12-28(39(41)42)27(22-25)31(32,33)34/h7-12,22,24,35H,4-6,13-21H2,1-3H3. The van der Waals surface area contributed by atoms with E-state index in [-0.39, 0.29) is 23.1 Å². The van der Waals surface area contributed by atoms with Crippen molar-refractivity contribution in [2.75, 3.05) is 56.0 Å². The zero-order valence-corrected chi connectivity index (χ0v) is 24.8. The molecule has 0 bridgehead atoms. The fraction of sp³-hybridized carbons (Fsp3) is 0.581. The molecule has 0 aromatic heterocycles. The summed E-state index contributed by atoms with van der Waals surface area (Å²) in [6.07, 6.45) is -1.27. The first-order valence-corrected chi connectivity index (χ1v) is 14.8. The summed E-state index contributed by atoms with van der Waals surface area (Å²) in [4.78, 5) is 29.5. The van der Waals surface area contributed by atoms with Gasteiger partial charge in [-0.25, -0.2) is 0 Å². The predicted octanol–water partition coefficient (Wildman–Crippen LogP) is 6.31. The van der Waals surface area contributed by atoms with E-state index in [1.807, 2.05) is 4.90 Å². The number of hydrogen-bond donors (Lipinski definition) is 1. The molecule has 230 valence electrons. The van der Waals surface area contributed by atoms with E-state index in [0.29, 0.717) is 32.4 Å². The number of nitro benzene ring substituents is 1. The smallest absolute Gasteiger partial charge is 0.382 e. The molecule has 2 aromatic carbocycles. The lowest BCUT2D eigenvalue weighted by Gasteiger charge is -2.33. The number of nitro groups is 1. The summed E-state index contributed by atoms with van der Waals surface area (Å²) in [5.41, 5.74) is 0.686. The van der Waals surface area contributed by atoms with Crippen molar-refractivity contribution in [2.45, 2.75) is 70.5 Å². The average Bonchev–Trinajstić information content (AvgIpc) is 3.18. The van der Waals surface area contributed by atoms with Crippen LogP contribution in [0.25, 0.3) is 0 Å². The first-order valence-electron chi connectivity index (χ1n) is 14.8. The molecule has 11 heteroatoms. The second-order valence-corrected chi connectivity index (χ2v) is 12.4. The molecule has 2 aliphatic heterocycles. The zero-order valence-electron chi connectivity index (χ0n) is 24.8. The third-order valence-corrected chi connectivity index (χ3v) is 8.27. The van der Waals surface area contributed by atoms with Crippen LogP contribution in [0.1, 0.15) is 64.0 Å². The molecule has 1 amide bonds. The molecule has 0 saturated carbocycles. The number of rotatable bonds is 8. The molecule has 1 N–H and O–H groups in total. The van der Waals surface area contributed by atoms with Crippen LogP contribution in [0.4, 0.5) is 30.2 Å². The van der Waals surface area contributed by atoms with Gasteiger partial charge in [0, 0.05) is 62.6 Å². The van der Waals surface area contributed by atoms with E-state index in [1.54, 1.807) is 0 Å². The number of likely N-dealkylation sites (tertiary alicyclic amines) is 1. The Balaban J connectivity index is 1.18. The number of carbonyl (C=O) groups is 1. The molecule has 2 fully saturated rings. The lowest BCUT2D eigenvalue weighted by Crippen LogP contribution is -2.42. The number of benzene rings is 2. The third-order valence-electron chi connectivity index (χ3n) is 8.27. The molecule has 0 unspecified atom stereocenters. The number of nitrogens with zero attached hydrogens (tertiary/aromatic N) is 4. The summed E-state index contributed by atoms with van der Waals surface area (Å²) in [5.74, 6) is 0.110. The summed E-state index contributed by atoms with van der Waals surface area (Å²) in [7, 11) is 0. The Bertz CT molecular complexity index is 1220. The van der Waals surface area contributed by atoms with Gasteiger partial charge < -0.3 is 20.0 Å². The number of alkyl halides is 3. The van der Waals surface area contributed by atoms with E-state index in [2.05, 4.69) is 60.2 Å². The molecule has 0 radical (unpaired) electrons. The van der Waals surface area contributed by atoms with Gasteiger partial charge in [0.1, 0.15) is 5.56 Å². The maximum atomic E-state index is 13.3. The van der Waals surface area contributed by atoms with E-state index in [1.165, 1.54) is 17.3 Å². The quantitative estimate of drug-likeness (QED) is 0.287. The Morgan fingerprint density at radius 1 is 0.976 bits per heavy atom. The van der Waals surface area contributed by atoms with Crippen molar-refractivity contribution in [1.29, 1.82) is 0 Å². The van der Waals surface area contributed by atoms with Crippen LogP contribution < -0.4 is 10.2 Å². The van der Waals surface area contributed by atoms with Gasteiger partial charge >= 0.3 is 6.18 Å². The number of hydrogen-bond acceptors (Lipinski definition) is 6. The van der Waals surface area contributed by atoms with Gasteiger partial charge in [0.15, 0.2) is 0 Å². The van der Waals surface area contributed by atoms with Gasteiger partial charge in [-0.2, -0.15) is 13.2 Å². The van der Waals surface area contributed by atoms with Crippen molar-refractivity contribution >= 4 is 23.0 Å². The number of halogens is 3. The van der Waals surface area contributed by atoms with Crippen molar-refractivity contribution in [3.63, 3.8) is 0 Å². The summed E-state index contributed by atoms with van der Waals surface area (Å²) >= 11 is 0. The van der Waals surface area contributed by atoms with Crippen LogP contribution in [-0.4, -0.2) is 72.5 Å². The van der Waals surface area contributed by atoms with Crippen LogP contribution in [0.2, 0.25) is 0 Å². The average molecular weight is 590 g/mol. The molecule has 8 nitrogen and oxygen atoms in total. The Hall–Kier alpha value is -3.34. The van der Waals surface area contributed by atoms with Gasteiger partial charge in [-0.1, -0.05) is 32.9 Å². The van der Waals surface area contributed by atoms with Crippen LogP contribution in [0.15, 0.2) is 42.5 Å². The first kappa shape index (κ1) is 31.6. The SMILES string of the molecule is CC(C)(C)c1ccc(N2CCCN(CCCC(=O)N3CCC(Nc4ccc([N+](=O)[O-])c(C(F)(F)F)c4)CC3)CC2)cc1. The fourth-order valence-electron chi connectivity index (χ4n) is 5.76. The molecule has 2 heterocycles. The highest BCUT2D eigenvalue weighted by molar-refractivity contribution is 5.76. The normalized spacial score (nSPS) is 17.7. The van der Waals surface area contributed by atoms with E-state index in [4.69, 9.17) is 0 Å². The lowest BCUT2D eigenvalue weighted by atomic mass is 9.87. The molecule has 2 aromatic rings. The number of carbonyl (C=O) groups excluding carboxylic acids is 1. The Morgan fingerprint density at radius 3 is 2.29 bits per heavy atom. The zero-order chi connectivity index (χ0) is 30.5. The Kier molecular flexibility index (Phi) is 10.0. The van der Waals surface area contributed by atoms with Gasteiger partial charge in [-0.3, -0.25) is 14.9 Å². The summed E-state index contributed by atoms with van der Waals surface area (Å²) in [6, 6.07) is 11.8. The van der Waals surface area contributed by atoms with E-state index >= 15 is 0 Å². The highest BCUT2D eigenvalue weighted by atomic mass is 19.4. The highest BCUT2D eigenvalue weighted by Gasteiger charge is 2.38. The third kappa shape index (κ3) is 8.36. The largest absolute Gasteiger partial charge is 0.423 e. The predicted molar refractivity (Wildman–Crippen MR) is 159 cm³/mol. The van der Waals surface area contributed by atoms with Gasteiger partial charge in [0.25, 0.3) is 5.69 Å². The molecule has 2 aliphatic rings. The van der Waals surface area contributed by atoms with Crippen LogP contribution in [0.5, 0.6) is 0 Å². The first-order chi connectivity index (χ1) is 19.8. The highest BCUT2D eigenvalue weighted by Crippen LogP contribution is 2.38. The number of amides is 1. The van der Waals surface area contributed by atoms with Crippen LogP contribution in [-0.2, 0) is 16.4 Å². The monoisotopic (exact) mass is 589 g/mol. The molecule has 0 atom stereocenters. The van der Waals surface area contributed by atoms with Gasteiger partial charge in [0.05, 0.1) is 4.92 Å². The van der Waals surface area contributed by atoms with Crippen LogP contribution in [0, 0.1) is 10.1 Å². The maximum Gasteiger partial charge on any atom is 0.423 e. The molecule has 0 spiro atoms. The maximum absolute atomic E-state index is 13.3. The van der Waals surface area contributed by atoms with Crippen molar-refractivity contribution in [3.05, 3.63) is 63.7 Å². The molecule has 42 heavy (non-hydrogen) atoms. The van der Waals surface area contributed by atoms with Gasteiger partial charge in [-0.15, -0.1) is 0 Å². The summed E-state index contributed by atoms with van der Waals surface area (Å²) in [5, 5.41) is 14.1. The van der Waals surface area contributed by atoms with Crippen molar-refractivity contribution < 1.29 is 22.9 Å². The van der Waals surface area contributed by atoms with Gasteiger partial charge in [0.2, 0.25) is 5.91 Å². The number of anilines is 2. The fourth-order valence-corrected chi connectivity index (χ4v) is 5.76. The Morgan fingerprint density at radius 2 is 1.67 bits per heavy atom. The van der Waals surface area contributed by atoms with E-state index in [0.717, 1.165) is 57.7 Å². The minimum Gasteiger partial charge on any atom is -0.382 e. The summed E-state index contributed by atoms with van der Waals surface area (Å²) in [6.45, 7) is 12.6. The van der Waals surface area contributed by atoms with E-state index < -0.39 is 22.4 Å². The van der Waals surface area contributed by atoms with Gasteiger partial charge in [-0.05, 0) is 74.0 Å². The number of nitrogens with one attached hydrogen (secondary N) is 1. The minimum absolute atomic E-state index is 0.110. The van der Waals surface area contributed by atoms with Crippen LogP contribution in [0.3, 0.4) is 0 Å².